The van der Waals surface area contributed by atoms with E-state index in [-0.39, 0.29) is 0 Å². The molecule has 110 valence electrons. The average Bonchev–Trinajstić information content (AvgIpc) is 2.83. The normalized spacial score (nSPS) is 10.4. The molecule has 0 aliphatic heterocycles. The Morgan fingerprint density at radius 3 is 2.71 bits per heavy atom. The van der Waals surface area contributed by atoms with Crippen LogP contribution in [0.25, 0.3) is 0 Å². The van der Waals surface area contributed by atoms with E-state index in [1.54, 1.807) is 0 Å². The smallest absolute Gasteiger partial charge is 0.105 e. The topological polar surface area (TPSA) is 57.7 Å². The van der Waals surface area contributed by atoms with Crippen molar-refractivity contribution in [2.75, 3.05) is 18.5 Å². The Bertz CT molecular complexity index is 666. The first kappa shape index (κ1) is 15.0. The molecule has 2 aromatic rings. The van der Waals surface area contributed by atoms with E-state index in [1.807, 2.05) is 46.3 Å². The van der Waals surface area contributed by atoms with Gasteiger partial charge in [-0.1, -0.05) is 0 Å². The van der Waals surface area contributed by atoms with Gasteiger partial charge >= 0.3 is 0 Å². The predicted octanol–water partition coefficient (Wildman–Crippen LogP) is 2.60. The van der Waals surface area contributed by atoms with Crippen molar-refractivity contribution in [1.29, 1.82) is 5.26 Å². The van der Waals surface area contributed by atoms with Gasteiger partial charge in [0.05, 0.1) is 16.9 Å². The lowest BCUT2D eigenvalue weighted by atomic mass is 10.1. The highest BCUT2D eigenvalue weighted by Gasteiger charge is 2.12. The minimum absolute atomic E-state index is 0.668. The van der Waals surface area contributed by atoms with Crippen LogP contribution in [0.3, 0.4) is 0 Å². The standard InChI is InChI=1S/C16H21N5/c1-12-10-16(15(11-17)13(2)19-12)20(4)7-5-8-21-9-6-18-14(21)3/h6,9-10H,5,7-8H2,1-4H3. The van der Waals surface area contributed by atoms with Crippen molar-refractivity contribution in [3.63, 3.8) is 0 Å². The fourth-order valence-corrected chi connectivity index (χ4v) is 2.49. The fourth-order valence-electron chi connectivity index (χ4n) is 2.49. The molecule has 5 nitrogen and oxygen atoms in total. The summed E-state index contributed by atoms with van der Waals surface area (Å²) < 4.78 is 2.14. The molecule has 0 bridgehead atoms. The first-order valence-corrected chi connectivity index (χ1v) is 7.10. The van der Waals surface area contributed by atoms with Crippen LogP contribution >= 0.6 is 0 Å². The first-order valence-electron chi connectivity index (χ1n) is 7.10. The van der Waals surface area contributed by atoms with Gasteiger partial charge in [-0.2, -0.15) is 5.26 Å². The van der Waals surface area contributed by atoms with E-state index in [9.17, 15) is 5.26 Å². The maximum atomic E-state index is 9.32. The second kappa shape index (κ2) is 6.40. The molecule has 2 heterocycles. The van der Waals surface area contributed by atoms with Crippen LogP contribution in [0.5, 0.6) is 0 Å². The van der Waals surface area contributed by atoms with Crippen LogP contribution in [0.4, 0.5) is 5.69 Å². The van der Waals surface area contributed by atoms with E-state index in [1.165, 1.54) is 0 Å². The molecule has 0 spiro atoms. The summed E-state index contributed by atoms with van der Waals surface area (Å²) in [6, 6.07) is 4.25. The zero-order chi connectivity index (χ0) is 15.4. The number of hydrogen-bond acceptors (Lipinski definition) is 4. The number of anilines is 1. The molecule has 0 saturated carbocycles. The van der Waals surface area contributed by atoms with Gasteiger partial charge in [-0.15, -0.1) is 0 Å². The lowest BCUT2D eigenvalue weighted by molar-refractivity contribution is 0.622. The molecule has 0 unspecified atom stereocenters. The largest absolute Gasteiger partial charge is 0.373 e. The summed E-state index contributed by atoms with van der Waals surface area (Å²) in [6.07, 6.45) is 4.82. The Labute approximate surface area is 125 Å². The highest BCUT2D eigenvalue weighted by atomic mass is 15.1. The minimum Gasteiger partial charge on any atom is -0.373 e. The van der Waals surface area contributed by atoms with Crippen molar-refractivity contribution in [2.24, 2.45) is 0 Å². The molecule has 2 aromatic heterocycles. The van der Waals surface area contributed by atoms with Crippen LogP contribution in [-0.4, -0.2) is 28.1 Å². The molecule has 0 radical (unpaired) electrons. The number of nitriles is 1. The predicted molar refractivity (Wildman–Crippen MR) is 83.3 cm³/mol. The van der Waals surface area contributed by atoms with Crippen molar-refractivity contribution in [3.05, 3.63) is 41.2 Å². The number of aromatic nitrogens is 3. The van der Waals surface area contributed by atoms with E-state index in [4.69, 9.17) is 0 Å². The molecule has 2 rings (SSSR count). The summed E-state index contributed by atoms with van der Waals surface area (Å²) >= 11 is 0. The van der Waals surface area contributed by atoms with Gasteiger partial charge in [0.15, 0.2) is 0 Å². The number of rotatable bonds is 5. The summed E-state index contributed by atoms with van der Waals surface area (Å²) in [7, 11) is 2.02. The summed E-state index contributed by atoms with van der Waals surface area (Å²) in [5.41, 5.74) is 3.37. The molecule has 0 aliphatic rings. The van der Waals surface area contributed by atoms with Gasteiger partial charge in [-0.25, -0.2) is 4.98 Å². The van der Waals surface area contributed by atoms with Crippen LogP contribution in [0.1, 0.15) is 29.2 Å². The third kappa shape index (κ3) is 3.40. The molecule has 21 heavy (non-hydrogen) atoms. The van der Waals surface area contributed by atoms with Gasteiger partial charge in [0.1, 0.15) is 11.9 Å². The number of imidazole rings is 1. The fraction of sp³-hybridized carbons (Fsp3) is 0.438. The Balaban J connectivity index is 2.05. The zero-order valence-electron chi connectivity index (χ0n) is 13.1. The molecule has 0 amide bonds. The van der Waals surface area contributed by atoms with Gasteiger partial charge in [0, 0.05) is 38.2 Å². The molecule has 5 heteroatoms. The average molecular weight is 283 g/mol. The van der Waals surface area contributed by atoms with Crippen LogP contribution in [0.2, 0.25) is 0 Å². The summed E-state index contributed by atoms with van der Waals surface area (Å²) in [5.74, 6) is 1.03. The molecule has 0 N–H and O–H groups in total. The highest BCUT2D eigenvalue weighted by molar-refractivity contribution is 5.61. The lowest BCUT2D eigenvalue weighted by Gasteiger charge is -2.22. The van der Waals surface area contributed by atoms with Crippen molar-refractivity contribution >= 4 is 5.69 Å². The molecule has 0 aromatic carbocycles. The highest BCUT2D eigenvalue weighted by Crippen LogP contribution is 2.22. The summed E-state index contributed by atoms with van der Waals surface area (Å²) in [6.45, 7) is 7.67. The van der Waals surface area contributed by atoms with Gasteiger partial charge in [0.25, 0.3) is 0 Å². The van der Waals surface area contributed by atoms with Crippen LogP contribution in [0, 0.1) is 32.1 Å². The zero-order valence-corrected chi connectivity index (χ0v) is 13.1. The van der Waals surface area contributed by atoms with Crippen molar-refractivity contribution < 1.29 is 0 Å². The third-order valence-electron chi connectivity index (χ3n) is 3.65. The van der Waals surface area contributed by atoms with Crippen molar-refractivity contribution in [3.8, 4) is 6.07 Å². The molecule has 0 aliphatic carbocycles. The van der Waals surface area contributed by atoms with Gasteiger partial charge in [0.2, 0.25) is 0 Å². The Kier molecular flexibility index (Phi) is 4.59. The maximum absolute atomic E-state index is 9.32. The second-order valence-electron chi connectivity index (χ2n) is 5.30. The summed E-state index contributed by atoms with van der Waals surface area (Å²) in [4.78, 5) is 10.7. The number of pyridine rings is 1. The number of hydrogen-bond donors (Lipinski definition) is 0. The Morgan fingerprint density at radius 1 is 1.33 bits per heavy atom. The third-order valence-corrected chi connectivity index (χ3v) is 3.65. The van der Waals surface area contributed by atoms with E-state index >= 15 is 0 Å². The monoisotopic (exact) mass is 283 g/mol. The molecule has 0 fully saturated rings. The summed E-state index contributed by atoms with van der Waals surface area (Å²) in [5, 5.41) is 9.32. The molecular weight excluding hydrogens is 262 g/mol. The quantitative estimate of drug-likeness (QED) is 0.846. The Hall–Kier alpha value is -2.35. The van der Waals surface area contributed by atoms with E-state index in [0.717, 1.165) is 42.4 Å². The minimum atomic E-state index is 0.668. The molecular formula is C16H21N5. The Morgan fingerprint density at radius 2 is 2.10 bits per heavy atom. The SMILES string of the molecule is Cc1cc(N(C)CCCn2ccnc2C)c(C#N)c(C)n1. The first-order chi connectivity index (χ1) is 10.0. The van der Waals surface area contributed by atoms with Crippen molar-refractivity contribution in [2.45, 2.75) is 33.7 Å². The van der Waals surface area contributed by atoms with Gasteiger partial charge < -0.3 is 9.47 Å². The van der Waals surface area contributed by atoms with E-state index < -0.39 is 0 Å². The van der Waals surface area contributed by atoms with Gasteiger partial charge in [-0.05, 0) is 33.3 Å². The number of aryl methyl sites for hydroxylation is 4. The van der Waals surface area contributed by atoms with Crippen LogP contribution < -0.4 is 4.90 Å². The van der Waals surface area contributed by atoms with Gasteiger partial charge in [-0.3, -0.25) is 4.98 Å². The molecule has 0 saturated heterocycles. The molecule has 0 atom stereocenters. The van der Waals surface area contributed by atoms with Crippen LogP contribution in [0.15, 0.2) is 18.5 Å². The van der Waals surface area contributed by atoms with Crippen molar-refractivity contribution in [1.82, 2.24) is 14.5 Å². The maximum Gasteiger partial charge on any atom is 0.105 e. The second-order valence-corrected chi connectivity index (χ2v) is 5.30. The van der Waals surface area contributed by atoms with E-state index in [0.29, 0.717) is 5.56 Å². The van der Waals surface area contributed by atoms with Crippen LogP contribution in [-0.2, 0) is 6.54 Å². The van der Waals surface area contributed by atoms with E-state index in [2.05, 4.69) is 25.5 Å². The lowest BCUT2D eigenvalue weighted by Crippen LogP contribution is -2.21. The number of nitrogens with zero attached hydrogens (tertiary/aromatic N) is 5.